The van der Waals surface area contributed by atoms with Gasteiger partial charge in [-0.2, -0.15) is 5.06 Å². The SMILES string of the molecule is CC(C)CCNC(=O)C1(N2CC3N(C(=O)OCCc4ccc(O)cc4)O[C@H](Cc4ccccc4)C(=O)N3[C@@H](C)C2=O)CC1C(C)C. The summed E-state index contributed by atoms with van der Waals surface area (Å²) in [5, 5.41) is 13.7. The molecule has 2 aromatic carbocycles. The molecule has 0 spiro atoms. The van der Waals surface area contributed by atoms with Crippen LogP contribution in [-0.2, 0) is 36.8 Å². The zero-order valence-corrected chi connectivity index (χ0v) is 27.3. The van der Waals surface area contributed by atoms with Gasteiger partial charge < -0.3 is 25.0 Å². The normalized spacial score (nSPS) is 25.9. The molecule has 2 aliphatic heterocycles. The lowest BCUT2D eigenvalue weighted by atomic mass is 9.97. The summed E-state index contributed by atoms with van der Waals surface area (Å²) in [5.74, 6) is -0.299. The van der Waals surface area contributed by atoms with E-state index in [1.807, 2.05) is 44.2 Å². The van der Waals surface area contributed by atoms with Gasteiger partial charge >= 0.3 is 6.09 Å². The van der Waals surface area contributed by atoms with Crippen LogP contribution in [0, 0.1) is 17.8 Å². The largest absolute Gasteiger partial charge is 0.508 e. The van der Waals surface area contributed by atoms with E-state index in [1.165, 1.54) is 4.90 Å². The quantitative estimate of drug-likeness (QED) is 0.384. The Morgan fingerprint density at radius 1 is 1.02 bits per heavy atom. The highest BCUT2D eigenvalue weighted by atomic mass is 16.7. The minimum absolute atomic E-state index is 0.0311. The number of phenols is 1. The Labute approximate surface area is 270 Å². The second-order valence-electron chi connectivity index (χ2n) is 13.4. The number of hydrogen-bond acceptors (Lipinski definition) is 7. The lowest BCUT2D eigenvalue weighted by molar-refractivity contribution is -0.267. The number of hydroxylamine groups is 2. The highest BCUT2D eigenvalue weighted by molar-refractivity contribution is 5.98. The highest BCUT2D eigenvalue weighted by Crippen LogP contribution is 2.54. The van der Waals surface area contributed by atoms with E-state index in [-0.39, 0.29) is 49.0 Å². The third kappa shape index (κ3) is 6.70. The van der Waals surface area contributed by atoms with Crippen molar-refractivity contribution in [1.29, 1.82) is 0 Å². The molecule has 3 fully saturated rings. The summed E-state index contributed by atoms with van der Waals surface area (Å²) in [6.07, 6.45) is -0.910. The minimum atomic E-state index is -1.07. The third-order valence-corrected chi connectivity index (χ3v) is 9.42. The fraction of sp³-hybridized carbons (Fsp3) is 0.543. The van der Waals surface area contributed by atoms with E-state index < -0.39 is 35.9 Å². The number of carbonyl (C=O) groups is 4. The summed E-state index contributed by atoms with van der Waals surface area (Å²) < 4.78 is 5.66. The Morgan fingerprint density at radius 3 is 2.35 bits per heavy atom. The Bertz CT molecular complexity index is 1420. The van der Waals surface area contributed by atoms with Gasteiger partial charge in [-0.05, 0) is 60.8 Å². The molecule has 2 N–H and O–H groups in total. The maximum atomic E-state index is 14.1. The zero-order valence-electron chi connectivity index (χ0n) is 27.3. The van der Waals surface area contributed by atoms with Gasteiger partial charge in [-0.25, -0.2) is 4.79 Å². The third-order valence-electron chi connectivity index (χ3n) is 9.42. The van der Waals surface area contributed by atoms with E-state index in [2.05, 4.69) is 19.2 Å². The average molecular weight is 635 g/mol. The molecule has 0 aromatic heterocycles. The van der Waals surface area contributed by atoms with Crippen LogP contribution in [0.4, 0.5) is 4.79 Å². The summed E-state index contributed by atoms with van der Waals surface area (Å²) >= 11 is 0. The first-order valence-electron chi connectivity index (χ1n) is 16.3. The van der Waals surface area contributed by atoms with Crippen molar-refractivity contribution in [2.75, 3.05) is 19.7 Å². The molecule has 4 amide bonds. The summed E-state index contributed by atoms with van der Waals surface area (Å²) in [5.41, 5.74) is 0.638. The lowest BCUT2D eigenvalue weighted by Crippen LogP contribution is -2.75. The fourth-order valence-electron chi connectivity index (χ4n) is 6.73. The first kappa shape index (κ1) is 33.2. The van der Waals surface area contributed by atoms with Gasteiger partial charge in [-0.15, -0.1) is 0 Å². The van der Waals surface area contributed by atoms with Crippen LogP contribution < -0.4 is 5.32 Å². The Kier molecular flexibility index (Phi) is 9.91. The van der Waals surface area contributed by atoms with Crippen LogP contribution in [0.25, 0.3) is 0 Å². The molecule has 5 rings (SSSR count). The number of aromatic hydroxyl groups is 1. The predicted octanol–water partition coefficient (Wildman–Crippen LogP) is 3.89. The van der Waals surface area contributed by atoms with E-state index in [1.54, 1.807) is 36.1 Å². The van der Waals surface area contributed by atoms with Gasteiger partial charge in [0, 0.05) is 19.4 Å². The maximum Gasteiger partial charge on any atom is 0.436 e. The molecular weight excluding hydrogens is 588 g/mol. The van der Waals surface area contributed by atoms with Crippen LogP contribution in [0.3, 0.4) is 0 Å². The van der Waals surface area contributed by atoms with E-state index >= 15 is 0 Å². The number of rotatable bonds is 11. The molecule has 2 saturated heterocycles. The van der Waals surface area contributed by atoms with Crippen LogP contribution in [0.5, 0.6) is 5.75 Å². The molecule has 0 radical (unpaired) electrons. The average Bonchev–Trinajstić information content (AvgIpc) is 3.78. The molecular formula is C35H46N4O7. The number of amides is 4. The molecule has 3 aliphatic rings. The number of nitrogens with one attached hydrogen (secondary N) is 1. The monoisotopic (exact) mass is 634 g/mol. The number of benzene rings is 2. The molecule has 0 bridgehead atoms. The molecule has 11 nitrogen and oxygen atoms in total. The summed E-state index contributed by atoms with van der Waals surface area (Å²) in [6, 6.07) is 15.0. The van der Waals surface area contributed by atoms with Crippen molar-refractivity contribution in [3.8, 4) is 5.75 Å². The van der Waals surface area contributed by atoms with Crippen LogP contribution >= 0.6 is 0 Å². The number of ether oxygens (including phenoxy) is 1. The molecule has 248 valence electrons. The molecule has 1 aliphatic carbocycles. The van der Waals surface area contributed by atoms with Crippen molar-refractivity contribution >= 4 is 23.8 Å². The Balaban J connectivity index is 1.41. The van der Waals surface area contributed by atoms with E-state index in [4.69, 9.17) is 9.57 Å². The molecule has 46 heavy (non-hydrogen) atoms. The number of hydrogen-bond donors (Lipinski definition) is 2. The zero-order chi connectivity index (χ0) is 33.2. The van der Waals surface area contributed by atoms with E-state index in [0.717, 1.165) is 22.6 Å². The minimum Gasteiger partial charge on any atom is -0.508 e. The molecule has 11 heteroatoms. The number of nitrogens with zero attached hydrogens (tertiary/aromatic N) is 3. The Morgan fingerprint density at radius 2 is 1.72 bits per heavy atom. The predicted molar refractivity (Wildman–Crippen MR) is 170 cm³/mol. The van der Waals surface area contributed by atoms with E-state index in [0.29, 0.717) is 25.3 Å². The highest BCUT2D eigenvalue weighted by Gasteiger charge is 2.68. The number of carbonyl (C=O) groups excluding carboxylic acids is 4. The van der Waals surface area contributed by atoms with Crippen molar-refractivity contribution < 1.29 is 33.9 Å². The smallest absolute Gasteiger partial charge is 0.436 e. The number of phenolic OH excluding ortho intramolecular Hbond substituents is 1. The van der Waals surface area contributed by atoms with Crippen molar-refractivity contribution in [2.24, 2.45) is 17.8 Å². The lowest BCUT2D eigenvalue weighted by Gasteiger charge is -2.53. The van der Waals surface area contributed by atoms with Crippen LogP contribution in [-0.4, -0.2) is 87.3 Å². The topological polar surface area (TPSA) is 129 Å². The van der Waals surface area contributed by atoms with Gasteiger partial charge in [0.1, 0.15) is 17.3 Å². The maximum absolute atomic E-state index is 14.1. The molecule has 2 aromatic rings. The van der Waals surface area contributed by atoms with Crippen LogP contribution in [0.15, 0.2) is 54.6 Å². The molecule has 2 heterocycles. The summed E-state index contributed by atoms with van der Waals surface area (Å²) in [6.45, 7) is 10.3. The molecule has 5 atom stereocenters. The summed E-state index contributed by atoms with van der Waals surface area (Å²) in [4.78, 5) is 64.7. The van der Waals surface area contributed by atoms with Gasteiger partial charge in [-0.1, -0.05) is 70.2 Å². The van der Waals surface area contributed by atoms with E-state index in [9.17, 15) is 24.3 Å². The van der Waals surface area contributed by atoms with Gasteiger partial charge in [0.25, 0.3) is 5.91 Å². The second kappa shape index (κ2) is 13.7. The number of fused-ring (bicyclic) bond motifs is 1. The molecule has 3 unspecified atom stereocenters. The van der Waals surface area contributed by atoms with Crippen molar-refractivity contribution in [3.63, 3.8) is 0 Å². The van der Waals surface area contributed by atoms with Crippen molar-refractivity contribution in [1.82, 2.24) is 20.2 Å². The van der Waals surface area contributed by atoms with Gasteiger partial charge in [-0.3, -0.25) is 19.2 Å². The number of piperazine rings is 1. The standard InChI is InChI=1S/C35H46N4O7/c1-22(2)15-17-36-33(43)35(20-28(35)23(3)4)37-21-30-38(24(5)31(37)41)32(42)29(19-26-9-7-6-8-10-26)46-39(30)34(44)45-18-16-25-11-13-27(40)14-12-25/h6-14,22-24,28-30,40H,15-21H2,1-5H3,(H,36,43)/t24-,28?,29+,30?,35?/m0/s1. The van der Waals surface area contributed by atoms with Gasteiger partial charge in [0.2, 0.25) is 11.8 Å². The van der Waals surface area contributed by atoms with Gasteiger partial charge in [0.15, 0.2) is 12.3 Å². The van der Waals surface area contributed by atoms with Crippen molar-refractivity contribution in [3.05, 3.63) is 65.7 Å². The Hall–Kier alpha value is -4.12. The second-order valence-corrected chi connectivity index (χ2v) is 13.4. The van der Waals surface area contributed by atoms with Crippen LogP contribution in [0.1, 0.15) is 58.6 Å². The fourth-order valence-corrected chi connectivity index (χ4v) is 6.73. The first-order valence-corrected chi connectivity index (χ1v) is 16.3. The summed E-state index contributed by atoms with van der Waals surface area (Å²) in [7, 11) is 0. The van der Waals surface area contributed by atoms with Gasteiger partial charge in [0.05, 0.1) is 13.2 Å². The molecule has 1 saturated carbocycles. The van der Waals surface area contributed by atoms with Crippen LogP contribution in [0.2, 0.25) is 0 Å². The first-order chi connectivity index (χ1) is 21.9. The van der Waals surface area contributed by atoms with Crippen molar-refractivity contribution in [2.45, 2.75) is 84.2 Å².